The van der Waals surface area contributed by atoms with Gasteiger partial charge in [0.25, 0.3) is 5.91 Å². The van der Waals surface area contributed by atoms with E-state index in [9.17, 15) is 14.7 Å². The lowest BCUT2D eigenvalue weighted by molar-refractivity contribution is -0.117. The zero-order valence-electron chi connectivity index (χ0n) is 16.2. The number of furan rings is 2. The number of aromatic amines is 1. The largest absolute Gasteiger partial charge is 0.503 e. The van der Waals surface area contributed by atoms with Gasteiger partial charge in [-0.15, -0.1) is 0 Å². The van der Waals surface area contributed by atoms with Gasteiger partial charge in [-0.05, 0) is 55.8 Å². The maximum atomic E-state index is 13.1. The van der Waals surface area contributed by atoms with Crippen molar-refractivity contribution in [1.29, 1.82) is 0 Å². The molecule has 0 saturated carbocycles. The van der Waals surface area contributed by atoms with Crippen molar-refractivity contribution in [2.45, 2.75) is 19.9 Å². The molecule has 1 unspecified atom stereocenters. The van der Waals surface area contributed by atoms with Crippen LogP contribution in [0.1, 0.15) is 33.7 Å². The number of H-pyrrole nitrogens is 1. The third-order valence-corrected chi connectivity index (χ3v) is 5.08. The lowest BCUT2D eigenvalue weighted by atomic mass is 10.00. The van der Waals surface area contributed by atoms with Crippen molar-refractivity contribution in [3.63, 3.8) is 0 Å². The molecule has 2 N–H and O–H groups in total. The first-order valence-electron chi connectivity index (χ1n) is 9.31. The molecule has 1 atom stereocenters. The van der Waals surface area contributed by atoms with Crippen molar-refractivity contribution in [2.24, 2.45) is 0 Å². The molecular formula is C22H17N3O5. The molecule has 4 heterocycles. The minimum Gasteiger partial charge on any atom is -0.503 e. The average molecular weight is 403 g/mol. The highest BCUT2D eigenvalue weighted by atomic mass is 16.3. The molecule has 0 aliphatic carbocycles. The van der Waals surface area contributed by atoms with E-state index in [0.717, 1.165) is 11.1 Å². The summed E-state index contributed by atoms with van der Waals surface area (Å²) in [5.74, 6) is -0.857. The summed E-state index contributed by atoms with van der Waals surface area (Å²) in [4.78, 5) is 35.0. The molecule has 1 aliphatic rings. The lowest BCUT2D eigenvalue weighted by Gasteiger charge is -2.22. The number of aryl methyl sites for hydroxylation is 2. The average Bonchev–Trinajstić information content (AvgIpc) is 3.49. The van der Waals surface area contributed by atoms with Crippen LogP contribution in [0.15, 0.2) is 68.9 Å². The summed E-state index contributed by atoms with van der Waals surface area (Å²) >= 11 is 0. The Balaban J connectivity index is 1.68. The van der Waals surface area contributed by atoms with Gasteiger partial charge in [-0.3, -0.25) is 14.5 Å². The van der Waals surface area contributed by atoms with Crippen molar-refractivity contribution in [3.8, 4) is 0 Å². The number of anilines is 1. The Labute approximate surface area is 170 Å². The van der Waals surface area contributed by atoms with Gasteiger partial charge in [-0.1, -0.05) is 6.07 Å². The van der Waals surface area contributed by atoms with Crippen LogP contribution in [0.5, 0.6) is 0 Å². The summed E-state index contributed by atoms with van der Waals surface area (Å²) in [5, 5.41) is 10.7. The van der Waals surface area contributed by atoms with E-state index in [1.165, 1.54) is 17.2 Å². The molecule has 0 saturated heterocycles. The zero-order valence-corrected chi connectivity index (χ0v) is 16.2. The van der Waals surface area contributed by atoms with Crippen LogP contribution >= 0.6 is 0 Å². The first-order valence-corrected chi connectivity index (χ1v) is 9.31. The number of nitrogens with zero attached hydrogens (tertiary/aromatic N) is 2. The van der Waals surface area contributed by atoms with Crippen molar-refractivity contribution in [3.05, 3.63) is 82.9 Å². The number of nitrogens with one attached hydrogen (secondary N) is 1. The summed E-state index contributed by atoms with van der Waals surface area (Å²) in [5.41, 5.74) is 2.29. The maximum Gasteiger partial charge on any atom is 0.296 e. The smallest absolute Gasteiger partial charge is 0.296 e. The van der Waals surface area contributed by atoms with Gasteiger partial charge in [-0.2, -0.15) is 0 Å². The second kappa shape index (κ2) is 6.48. The third kappa shape index (κ3) is 2.65. The Morgan fingerprint density at radius 1 is 1.20 bits per heavy atom. The predicted octanol–water partition coefficient (Wildman–Crippen LogP) is 4.15. The van der Waals surface area contributed by atoms with Crippen molar-refractivity contribution >= 4 is 28.7 Å². The topological polar surface area (TPSA) is 113 Å². The van der Waals surface area contributed by atoms with Gasteiger partial charge in [0, 0.05) is 0 Å². The molecule has 150 valence electrons. The highest BCUT2D eigenvalue weighted by Gasteiger charge is 2.48. The van der Waals surface area contributed by atoms with Gasteiger partial charge in [0.2, 0.25) is 11.7 Å². The number of aliphatic hydroxyl groups excluding tert-OH is 1. The van der Waals surface area contributed by atoms with Gasteiger partial charge < -0.3 is 18.9 Å². The first-order chi connectivity index (χ1) is 14.4. The number of amides is 1. The Morgan fingerprint density at radius 2 is 2.03 bits per heavy atom. The summed E-state index contributed by atoms with van der Waals surface area (Å²) < 4.78 is 10.9. The number of carbonyl (C=O) groups excluding carboxylic acids is 2. The maximum absolute atomic E-state index is 13.1. The Hall–Kier alpha value is -4.07. The number of aromatic nitrogens is 2. The molecule has 8 heteroatoms. The van der Waals surface area contributed by atoms with Gasteiger partial charge in [-0.25, -0.2) is 4.98 Å². The molecule has 8 nitrogen and oxygen atoms in total. The predicted molar refractivity (Wildman–Crippen MR) is 107 cm³/mol. The second-order valence-electron chi connectivity index (χ2n) is 7.18. The second-order valence-corrected chi connectivity index (χ2v) is 7.18. The molecule has 3 aromatic heterocycles. The van der Waals surface area contributed by atoms with E-state index in [2.05, 4.69) is 9.97 Å². The number of rotatable bonds is 4. The fourth-order valence-corrected chi connectivity index (χ4v) is 3.69. The Kier molecular flexibility index (Phi) is 3.89. The van der Waals surface area contributed by atoms with E-state index in [-0.39, 0.29) is 17.3 Å². The van der Waals surface area contributed by atoms with E-state index in [4.69, 9.17) is 8.83 Å². The van der Waals surface area contributed by atoms with Crippen LogP contribution in [0.2, 0.25) is 0 Å². The third-order valence-electron chi connectivity index (χ3n) is 5.08. The number of hydrogen-bond acceptors (Lipinski definition) is 6. The number of imidazole rings is 1. The van der Waals surface area contributed by atoms with Gasteiger partial charge in [0.05, 0.1) is 22.9 Å². The number of ketones is 1. The van der Waals surface area contributed by atoms with Gasteiger partial charge >= 0.3 is 0 Å². The molecule has 5 rings (SSSR count). The summed E-state index contributed by atoms with van der Waals surface area (Å²) in [6, 6.07) is 11.1. The van der Waals surface area contributed by atoms with E-state index >= 15 is 0 Å². The van der Waals surface area contributed by atoms with E-state index < -0.39 is 23.5 Å². The quantitative estimate of drug-likeness (QED) is 0.495. The van der Waals surface area contributed by atoms with Crippen molar-refractivity contribution in [1.82, 2.24) is 9.97 Å². The molecule has 30 heavy (non-hydrogen) atoms. The standard InChI is InChI=1S/C22H17N3O5/c1-11-5-7-13-14(10-11)24-22(23-13)25-18(15-8-6-12(2)30-15)17(20(27)21(25)28)19(26)16-4-3-9-29-16/h3-10,18,27H,1-2H3,(H,23,24). The summed E-state index contributed by atoms with van der Waals surface area (Å²) in [6.45, 7) is 3.70. The summed E-state index contributed by atoms with van der Waals surface area (Å²) in [7, 11) is 0. The van der Waals surface area contributed by atoms with E-state index in [1.54, 1.807) is 25.1 Å². The number of hydrogen-bond donors (Lipinski definition) is 2. The van der Waals surface area contributed by atoms with Crippen LogP contribution in [-0.2, 0) is 4.79 Å². The number of Topliss-reactive ketones (excluding diaryl/α,β-unsaturated/α-hetero) is 1. The number of benzene rings is 1. The molecule has 1 aromatic carbocycles. The SMILES string of the molecule is Cc1ccc2nc(N3C(=O)C(O)=C(C(=O)c4ccco4)C3c3ccc(C)o3)[nH]c2c1. The van der Waals surface area contributed by atoms with Crippen molar-refractivity contribution in [2.75, 3.05) is 4.90 Å². The van der Waals surface area contributed by atoms with Gasteiger partial charge in [0.1, 0.15) is 17.6 Å². The lowest BCUT2D eigenvalue weighted by Crippen LogP contribution is -2.31. The number of carbonyl (C=O) groups is 2. The highest BCUT2D eigenvalue weighted by Crippen LogP contribution is 2.42. The highest BCUT2D eigenvalue weighted by molar-refractivity contribution is 6.19. The monoisotopic (exact) mass is 403 g/mol. The molecular weight excluding hydrogens is 386 g/mol. The van der Waals surface area contributed by atoms with Crippen LogP contribution in [0.25, 0.3) is 11.0 Å². The minimum absolute atomic E-state index is 0.0136. The Morgan fingerprint density at radius 3 is 2.73 bits per heavy atom. The van der Waals surface area contributed by atoms with Crippen LogP contribution in [0.4, 0.5) is 5.95 Å². The normalized spacial score (nSPS) is 16.8. The first kappa shape index (κ1) is 18.0. The fourth-order valence-electron chi connectivity index (χ4n) is 3.69. The summed E-state index contributed by atoms with van der Waals surface area (Å²) in [6.07, 6.45) is 1.35. The molecule has 1 aliphatic heterocycles. The number of fused-ring (bicyclic) bond motifs is 1. The fraction of sp³-hybridized carbons (Fsp3) is 0.136. The molecule has 0 bridgehead atoms. The Bertz CT molecular complexity index is 1330. The van der Waals surface area contributed by atoms with Gasteiger partial charge in [0.15, 0.2) is 11.5 Å². The molecule has 4 aromatic rings. The molecule has 0 spiro atoms. The van der Waals surface area contributed by atoms with E-state index in [1.807, 2.05) is 25.1 Å². The molecule has 1 amide bonds. The van der Waals surface area contributed by atoms with E-state index in [0.29, 0.717) is 17.0 Å². The van der Waals surface area contributed by atoms with Crippen LogP contribution in [-0.4, -0.2) is 26.8 Å². The molecule has 0 radical (unpaired) electrons. The zero-order chi connectivity index (χ0) is 21.0. The van der Waals surface area contributed by atoms with Crippen LogP contribution in [0.3, 0.4) is 0 Å². The minimum atomic E-state index is -0.995. The molecule has 0 fully saturated rings. The van der Waals surface area contributed by atoms with Crippen molar-refractivity contribution < 1.29 is 23.5 Å². The van der Waals surface area contributed by atoms with Crippen LogP contribution < -0.4 is 4.90 Å². The number of aliphatic hydroxyl groups is 1. The van der Waals surface area contributed by atoms with Crippen LogP contribution in [0, 0.1) is 13.8 Å².